The van der Waals surface area contributed by atoms with Gasteiger partial charge < -0.3 is 5.32 Å². The number of nitrogens with zero attached hydrogens (tertiary/aromatic N) is 2. The Bertz CT molecular complexity index is 1040. The summed E-state index contributed by atoms with van der Waals surface area (Å²) in [6, 6.07) is 20.1. The molecule has 6 heteroatoms. The molecule has 0 bridgehead atoms. The van der Waals surface area contributed by atoms with Crippen LogP contribution in [0, 0.1) is 0 Å². The number of nitrogens with one attached hydrogen (secondary N) is 2. The highest BCUT2D eigenvalue weighted by atomic mass is 16.2. The van der Waals surface area contributed by atoms with Crippen LogP contribution < -0.4 is 16.6 Å². The van der Waals surface area contributed by atoms with Gasteiger partial charge in [0.15, 0.2) is 0 Å². The topological polar surface area (TPSA) is 70.1 Å². The minimum Gasteiger partial charge on any atom is -0.358 e. The van der Waals surface area contributed by atoms with Crippen molar-refractivity contribution >= 4 is 5.82 Å². The molecule has 27 heavy (non-hydrogen) atoms. The summed E-state index contributed by atoms with van der Waals surface area (Å²) in [6.07, 6.45) is 0. The molecule has 0 unspecified atom stereocenters. The number of aromatic amines is 1. The molecule has 2 heterocycles. The molecule has 138 valence electrons. The molecule has 1 aliphatic rings. The van der Waals surface area contributed by atoms with Crippen molar-refractivity contribution in [1.29, 1.82) is 0 Å². The lowest BCUT2D eigenvalue weighted by Gasteiger charge is -2.35. The monoisotopic (exact) mass is 362 g/mol. The van der Waals surface area contributed by atoms with E-state index in [4.69, 9.17) is 0 Å². The molecule has 0 fully saturated rings. The number of hydrogen-bond acceptors (Lipinski definition) is 4. The van der Waals surface area contributed by atoms with Gasteiger partial charge in [0.2, 0.25) is 0 Å². The first-order chi connectivity index (χ1) is 13.1. The van der Waals surface area contributed by atoms with Crippen molar-refractivity contribution in [3.05, 3.63) is 98.2 Å². The van der Waals surface area contributed by atoms with Crippen LogP contribution in [0.2, 0.25) is 0 Å². The van der Waals surface area contributed by atoms with Crippen molar-refractivity contribution in [1.82, 2.24) is 14.5 Å². The number of H-pyrrole nitrogens is 1. The van der Waals surface area contributed by atoms with Gasteiger partial charge in [-0.1, -0.05) is 60.7 Å². The fraction of sp³-hybridized carbons (Fsp3) is 0.238. The van der Waals surface area contributed by atoms with Crippen LogP contribution in [0.25, 0.3) is 0 Å². The van der Waals surface area contributed by atoms with Crippen LogP contribution in [-0.4, -0.2) is 21.1 Å². The molecule has 0 aliphatic carbocycles. The Kier molecular flexibility index (Phi) is 4.64. The molecule has 4 rings (SSSR count). The van der Waals surface area contributed by atoms with Crippen molar-refractivity contribution < 1.29 is 0 Å². The minimum absolute atomic E-state index is 0.153. The Morgan fingerprint density at radius 3 is 2.37 bits per heavy atom. The van der Waals surface area contributed by atoms with Gasteiger partial charge in [0.1, 0.15) is 5.82 Å². The first kappa shape index (κ1) is 17.3. The van der Waals surface area contributed by atoms with Crippen molar-refractivity contribution in [2.24, 2.45) is 0 Å². The quantitative estimate of drug-likeness (QED) is 0.748. The molecule has 1 aliphatic heterocycles. The van der Waals surface area contributed by atoms with Gasteiger partial charge in [0.05, 0.1) is 18.8 Å². The molecule has 1 atom stereocenters. The van der Waals surface area contributed by atoms with Crippen LogP contribution in [0.15, 0.2) is 70.3 Å². The molecule has 0 spiro atoms. The van der Waals surface area contributed by atoms with E-state index < -0.39 is 0 Å². The lowest BCUT2D eigenvalue weighted by Crippen LogP contribution is -2.44. The standard InChI is InChI=1S/C21H22N4O2/c1-15(17-10-6-3-7-11-17)24-13-18-19(22-14-24)25(21(27)23-20(18)26)12-16-8-4-2-5-9-16/h2-11,15,22H,12-14H2,1H3,(H,23,26,27)/t15-/m0/s1. The highest BCUT2D eigenvalue weighted by molar-refractivity contribution is 5.46. The number of fused-ring (bicyclic) bond motifs is 1. The van der Waals surface area contributed by atoms with E-state index in [1.54, 1.807) is 4.57 Å². The number of aromatic nitrogens is 2. The summed E-state index contributed by atoms with van der Waals surface area (Å²) in [7, 11) is 0. The summed E-state index contributed by atoms with van der Waals surface area (Å²) < 4.78 is 1.61. The van der Waals surface area contributed by atoms with Crippen LogP contribution in [0.3, 0.4) is 0 Å². The summed E-state index contributed by atoms with van der Waals surface area (Å²) in [5.74, 6) is 0.615. The zero-order chi connectivity index (χ0) is 18.8. The van der Waals surface area contributed by atoms with E-state index in [0.717, 1.165) is 5.56 Å². The second-order valence-corrected chi connectivity index (χ2v) is 6.83. The summed E-state index contributed by atoms with van der Waals surface area (Å²) in [5.41, 5.74) is 2.09. The van der Waals surface area contributed by atoms with E-state index in [-0.39, 0.29) is 17.3 Å². The van der Waals surface area contributed by atoms with Crippen molar-refractivity contribution in [2.75, 3.05) is 12.0 Å². The van der Waals surface area contributed by atoms with E-state index in [2.05, 4.69) is 34.3 Å². The third-order valence-electron chi connectivity index (χ3n) is 5.12. The molecule has 2 N–H and O–H groups in total. The van der Waals surface area contributed by atoms with Gasteiger partial charge in [0, 0.05) is 12.6 Å². The fourth-order valence-electron chi connectivity index (χ4n) is 3.53. The van der Waals surface area contributed by atoms with Crippen molar-refractivity contribution in [3.8, 4) is 0 Å². The molecule has 1 aromatic heterocycles. The maximum atomic E-state index is 12.5. The number of benzene rings is 2. The van der Waals surface area contributed by atoms with Gasteiger partial charge >= 0.3 is 5.69 Å². The molecule has 0 saturated carbocycles. The summed E-state index contributed by atoms with van der Waals surface area (Å²) >= 11 is 0. The smallest absolute Gasteiger partial charge is 0.330 e. The highest BCUT2D eigenvalue weighted by Crippen LogP contribution is 2.26. The molecule has 0 saturated heterocycles. The van der Waals surface area contributed by atoms with E-state index >= 15 is 0 Å². The zero-order valence-electron chi connectivity index (χ0n) is 15.2. The Morgan fingerprint density at radius 2 is 1.67 bits per heavy atom. The van der Waals surface area contributed by atoms with Crippen molar-refractivity contribution in [3.63, 3.8) is 0 Å². The number of rotatable bonds is 4. The third kappa shape index (κ3) is 3.44. The number of anilines is 1. The fourth-order valence-corrected chi connectivity index (χ4v) is 3.53. The van der Waals surface area contributed by atoms with E-state index in [9.17, 15) is 9.59 Å². The summed E-state index contributed by atoms with van der Waals surface area (Å²) in [5, 5.41) is 3.30. The number of hydrogen-bond donors (Lipinski definition) is 2. The first-order valence-corrected chi connectivity index (χ1v) is 9.06. The minimum atomic E-state index is -0.389. The Hall–Kier alpha value is -3.12. The van der Waals surface area contributed by atoms with Gasteiger partial charge in [-0.3, -0.25) is 19.2 Å². The molecular formula is C21H22N4O2. The predicted molar refractivity (Wildman–Crippen MR) is 106 cm³/mol. The average Bonchev–Trinajstić information content (AvgIpc) is 2.71. The van der Waals surface area contributed by atoms with Gasteiger partial charge in [-0.05, 0) is 18.1 Å². The zero-order valence-corrected chi connectivity index (χ0v) is 15.2. The van der Waals surface area contributed by atoms with Crippen LogP contribution in [0.4, 0.5) is 5.82 Å². The molecule has 2 aromatic carbocycles. The molecule has 6 nitrogen and oxygen atoms in total. The maximum Gasteiger partial charge on any atom is 0.330 e. The normalized spacial score (nSPS) is 15.0. The highest BCUT2D eigenvalue weighted by Gasteiger charge is 2.26. The van der Waals surface area contributed by atoms with Gasteiger partial charge in [-0.25, -0.2) is 4.79 Å². The van der Waals surface area contributed by atoms with Crippen LogP contribution in [0.5, 0.6) is 0 Å². The second-order valence-electron chi connectivity index (χ2n) is 6.83. The van der Waals surface area contributed by atoms with E-state index in [1.807, 2.05) is 48.5 Å². The van der Waals surface area contributed by atoms with Gasteiger partial charge in [-0.2, -0.15) is 0 Å². The molecule has 0 amide bonds. The Morgan fingerprint density at radius 1 is 1.00 bits per heavy atom. The van der Waals surface area contributed by atoms with E-state index in [1.165, 1.54) is 5.56 Å². The van der Waals surface area contributed by atoms with E-state index in [0.29, 0.717) is 31.1 Å². The second kappa shape index (κ2) is 7.25. The molecular weight excluding hydrogens is 340 g/mol. The largest absolute Gasteiger partial charge is 0.358 e. The summed E-state index contributed by atoms with van der Waals surface area (Å²) in [6.45, 7) is 3.60. The Labute approximate surface area is 157 Å². The van der Waals surface area contributed by atoms with Gasteiger partial charge in [-0.15, -0.1) is 0 Å². The first-order valence-electron chi connectivity index (χ1n) is 9.06. The molecule has 0 radical (unpaired) electrons. The third-order valence-corrected chi connectivity index (χ3v) is 5.12. The average molecular weight is 362 g/mol. The lowest BCUT2D eigenvalue weighted by molar-refractivity contribution is 0.206. The van der Waals surface area contributed by atoms with Crippen LogP contribution >= 0.6 is 0 Å². The van der Waals surface area contributed by atoms with Crippen LogP contribution in [0.1, 0.15) is 29.7 Å². The van der Waals surface area contributed by atoms with Crippen LogP contribution in [-0.2, 0) is 13.1 Å². The van der Waals surface area contributed by atoms with Gasteiger partial charge in [0.25, 0.3) is 5.56 Å². The Balaban J connectivity index is 1.67. The SMILES string of the molecule is C[C@@H](c1ccccc1)N1CNc2c(c(=O)[nH]c(=O)n2Cc2ccccc2)C1. The maximum absolute atomic E-state index is 12.5. The molecule has 3 aromatic rings. The lowest BCUT2D eigenvalue weighted by atomic mass is 10.1. The predicted octanol–water partition coefficient (Wildman–Crippen LogP) is 2.53. The van der Waals surface area contributed by atoms with Crippen molar-refractivity contribution in [2.45, 2.75) is 26.1 Å². The summed E-state index contributed by atoms with van der Waals surface area (Å²) in [4.78, 5) is 29.5.